The number of nitrogens with zero attached hydrogens (tertiary/aromatic N) is 1. The lowest BCUT2D eigenvalue weighted by Gasteiger charge is -2.14. The van der Waals surface area contributed by atoms with Crippen molar-refractivity contribution in [2.75, 3.05) is 18.5 Å². The van der Waals surface area contributed by atoms with Gasteiger partial charge in [0.1, 0.15) is 6.07 Å². The summed E-state index contributed by atoms with van der Waals surface area (Å²) in [7, 11) is 0. The summed E-state index contributed by atoms with van der Waals surface area (Å²) in [5.41, 5.74) is -0.412. The summed E-state index contributed by atoms with van der Waals surface area (Å²) in [5.74, 6) is 0. The summed E-state index contributed by atoms with van der Waals surface area (Å²) in [4.78, 5) is 0. The molecule has 1 N–H and O–H groups in total. The summed E-state index contributed by atoms with van der Waals surface area (Å²) in [5, 5.41) is 11.9. The first kappa shape index (κ1) is 13.7. The molecule has 0 radical (unpaired) electrons. The minimum absolute atomic E-state index is 0.00665. The number of rotatable bonds is 3. The molecule has 1 atom stereocenters. The molecule has 3 nitrogen and oxygen atoms in total. The predicted molar refractivity (Wildman–Crippen MR) is 63.6 cm³/mol. The van der Waals surface area contributed by atoms with Crippen LogP contribution < -0.4 is 5.32 Å². The Labute approximate surface area is 109 Å². The average molecular weight is 270 g/mol. The Morgan fingerprint density at radius 1 is 1.42 bits per heavy atom. The van der Waals surface area contributed by atoms with Crippen molar-refractivity contribution in [3.63, 3.8) is 0 Å². The normalized spacial score (nSPS) is 19.2. The van der Waals surface area contributed by atoms with Crippen LogP contribution in [0.4, 0.5) is 18.9 Å². The summed E-state index contributed by atoms with van der Waals surface area (Å²) in [6.45, 7) is 1.21. The molecule has 6 heteroatoms. The lowest BCUT2D eigenvalue weighted by atomic mass is 10.1. The van der Waals surface area contributed by atoms with E-state index in [-0.39, 0.29) is 11.7 Å². The van der Waals surface area contributed by atoms with E-state index in [4.69, 9.17) is 10.00 Å². The van der Waals surface area contributed by atoms with Gasteiger partial charge in [0.15, 0.2) is 0 Å². The molecule has 1 aromatic carbocycles. The van der Waals surface area contributed by atoms with E-state index in [9.17, 15) is 13.2 Å². The molecule has 1 aliphatic heterocycles. The number of hydrogen-bond donors (Lipinski definition) is 1. The van der Waals surface area contributed by atoms with E-state index in [2.05, 4.69) is 5.32 Å². The molecule has 19 heavy (non-hydrogen) atoms. The van der Waals surface area contributed by atoms with E-state index in [1.54, 1.807) is 6.07 Å². The maximum Gasteiger partial charge on any atom is 0.416 e. The van der Waals surface area contributed by atoms with Crippen molar-refractivity contribution in [1.82, 2.24) is 0 Å². The van der Waals surface area contributed by atoms with E-state index in [1.807, 2.05) is 0 Å². The molecule has 0 aromatic heterocycles. The van der Waals surface area contributed by atoms with Gasteiger partial charge < -0.3 is 10.1 Å². The van der Waals surface area contributed by atoms with E-state index in [0.29, 0.717) is 18.8 Å². The van der Waals surface area contributed by atoms with E-state index >= 15 is 0 Å². The highest BCUT2D eigenvalue weighted by molar-refractivity contribution is 5.59. The van der Waals surface area contributed by atoms with Crippen LogP contribution in [0.5, 0.6) is 0 Å². The van der Waals surface area contributed by atoms with Gasteiger partial charge in [-0.2, -0.15) is 18.4 Å². The maximum absolute atomic E-state index is 12.5. The van der Waals surface area contributed by atoms with Crippen molar-refractivity contribution in [2.24, 2.45) is 0 Å². The highest BCUT2D eigenvalue weighted by atomic mass is 19.4. The van der Waals surface area contributed by atoms with Crippen molar-refractivity contribution in [2.45, 2.75) is 25.1 Å². The molecule has 1 aromatic rings. The minimum Gasteiger partial charge on any atom is -0.381 e. The fraction of sp³-hybridized carbons (Fsp3) is 0.462. The van der Waals surface area contributed by atoms with Gasteiger partial charge in [0, 0.05) is 13.2 Å². The second-order valence-electron chi connectivity index (χ2n) is 4.39. The summed E-state index contributed by atoms with van der Waals surface area (Å²) < 4.78 is 43.0. The highest BCUT2D eigenvalue weighted by Gasteiger charge is 2.31. The zero-order valence-corrected chi connectivity index (χ0v) is 10.1. The van der Waals surface area contributed by atoms with Crippen LogP contribution in [0.1, 0.15) is 24.0 Å². The number of halogens is 3. The van der Waals surface area contributed by atoms with Gasteiger partial charge in [-0.25, -0.2) is 0 Å². The Morgan fingerprint density at radius 2 is 2.21 bits per heavy atom. The molecule has 1 saturated heterocycles. The molecule has 1 unspecified atom stereocenters. The topological polar surface area (TPSA) is 45.0 Å². The number of nitriles is 1. The van der Waals surface area contributed by atoms with Gasteiger partial charge in [-0.05, 0) is 31.0 Å². The first-order chi connectivity index (χ1) is 9.00. The molecule has 0 saturated carbocycles. The number of nitrogens with one attached hydrogen (secondary N) is 1. The van der Waals surface area contributed by atoms with Crippen molar-refractivity contribution in [3.8, 4) is 6.07 Å². The number of benzene rings is 1. The third-order valence-corrected chi connectivity index (χ3v) is 3.01. The van der Waals surface area contributed by atoms with Gasteiger partial charge in [-0.15, -0.1) is 0 Å². The predicted octanol–water partition coefficient (Wildman–Crippen LogP) is 3.17. The van der Waals surface area contributed by atoms with Gasteiger partial charge in [0.2, 0.25) is 0 Å². The van der Waals surface area contributed by atoms with Gasteiger partial charge in [-0.3, -0.25) is 0 Å². The number of ether oxygens (including phenoxy) is 1. The second-order valence-corrected chi connectivity index (χ2v) is 4.39. The molecular formula is C13H13F3N2O. The monoisotopic (exact) mass is 270 g/mol. The van der Waals surface area contributed by atoms with E-state index in [1.165, 1.54) is 6.07 Å². The van der Waals surface area contributed by atoms with Crippen molar-refractivity contribution in [3.05, 3.63) is 29.3 Å². The third-order valence-electron chi connectivity index (χ3n) is 3.01. The minimum atomic E-state index is -4.43. The lowest BCUT2D eigenvalue weighted by molar-refractivity contribution is -0.137. The van der Waals surface area contributed by atoms with E-state index in [0.717, 1.165) is 25.0 Å². The standard InChI is InChI=1S/C13H13F3N2O/c14-13(15,16)10-3-4-12(9(6-10)7-17)18-8-11-2-1-5-19-11/h3-4,6,11,18H,1-2,5,8H2. The summed E-state index contributed by atoms with van der Waals surface area (Å²) >= 11 is 0. The SMILES string of the molecule is N#Cc1cc(C(F)(F)F)ccc1NCC1CCCO1. The quantitative estimate of drug-likeness (QED) is 0.917. The van der Waals surface area contributed by atoms with Gasteiger partial charge >= 0.3 is 6.18 Å². The van der Waals surface area contributed by atoms with Crippen LogP contribution in [0.15, 0.2) is 18.2 Å². The Balaban J connectivity index is 2.10. The number of hydrogen-bond acceptors (Lipinski definition) is 3. The fourth-order valence-corrected chi connectivity index (χ4v) is 2.00. The molecule has 0 amide bonds. The Bertz CT molecular complexity index is 488. The van der Waals surface area contributed by atoms with Gasteiger partial charge in [-0.1, -0.05) is 0 Å². The molecule has 0 bridgehead atoms. The lowest BCUT2D eigenvalue weighted by Crippen LogP contribution is -2.19. The Morgan fingerprint density at radius 3 is 2.79 bits per heavy atom. The van der Waals surface area contributed by atoms with Crippen LogP contribution >= 0.6 is 0 Å². The maximum atomic E-state index is 12.5. The van der Waals surface area contributed by atoms with Crippen LogP contribution in [0.25, 0.3) is 0 Å². The van der Waals surface area contributed by atoms with Crippen LogP contribution in [-0.4, -0.2) is 19.3 Å². The van der Waals surface area contributed by atoms with Crippen molar-refractivity contribution >= 4 is 5.69 Å². The second kappa shape index (κ2) is 5.49. The van der Waals surface area contributed by atoms with Gasteiger partial charge in [0.05, 0.1) is 22.9 Å². The third kappa shape index (κ3) is 3.38. The van der Waals surface area contributed by atoms with E-state index < -0.39 is 11.7 Å². The van der Waals surface area contributed by atoms with Crippen molar-refractivity contribution < 1.29 is 17.9 Å². The van der Waals surface area contributed by atoms with Crippen LogP contribution in [0.3, 0.4) is 0 Å². The largest absolute Gasteiger partial charge is 0.416 e. The fourth-order valence-electron chi connectivity index (χ4n) is 2.00. The summed E-state index contributed by atoms with van der Waals surface area (Å²) in [6.07, 6.45) is -2.45. The van der Waals surface area contributed by atoms with Gasteiger partial charge in [0.25, 0.3) is 0 Å². The Hall–Kier alpha value is -1.74. The average Bonchev–Trinajstić information content (AvgIpc) is 2.88. The molecule has 0 spiro atoms. The Kier molecular flexibility index (Phi) is 3.96. The number of anilines is 1. The first-order valence-electron chi connectivity index (χ1n) is 5.97. The van der Waals surface area contributed by atoms with Crippen LogP contribution in [-0.2, 0) is 10.9 Å². The highest BCUT2D eigenvalue weighted by Crippen LogP contribution is 2.31. The molecule has 2 rings (SSSR count). The van der Waals surface area contributed by atoms with Crippen LogP contribution in [0, 0.1) is 11.3 Å². The molecule has 102 valence electrons. The first-order valence-corrected chi connectivity index (χ1v) is 5.97. The van der Waals surface area contributed by atoms with Crippen molar-refractivity contribution in [1.29, 1.82) is 5.26 Å². The zero-order valence-electron chi connectivity index (χ0n) is 10.1. The zero-order chi connectivity index (χ0) is 13.9. The molecule has 0 aliphatic carbocycles. The molecule has 1 heterocycles. The molecule has 1 aliphatic rings. The molecule has 1 fully saturated rings. The smallest absolute Gasteiger partial charge is 0.381 e. The summed E-state index contributed by atoms with van der Waals surface area (Å²) in [6, 6.07) is 4.90. The molecular weight excluding hydrogens is 257 g/mol. The van der Waals surface area contributed by atoms with Crippen LogP contribution in [0.2, 0.25) is 0 Å². The number of alkyl halides is 3.